The van der Waals surface area contributed by atoms with E-state index in [2.05, 4.69) is 4.98 Å². The number of hydrogen-bond acceptors (Lipinski definition) is 6. The predicted octanol–water partition coefficient (Wildman–Crippen LogP) is 2.91. The summed E-state index contributed by atoms with van der Waals surface area (Å²) in [6.45, 7) is 3.91. The highest BCUT2D eigenvalue weighted by Gasteiger charge is 2.45. The van der Waals surface area contributed by atoms with Crippen LogP contribution in [0, 0.1) is 0 Å². The van der Waals surface area contributed by atoms with Crippen LogP contribution in [0.15, 0.2) is 65.7 Å². The van der Waals surface area contributed by atoms with Crippen molar-refractivity contribution in [3.63, 3.8) is 0 Å². The van der Waals surface area contributed by atoms with Gasteiger partial charge in [-0.15, -0.1) is 0 Å². The second-order valence-electron chi connectivity index (χ2n) is 9.83. The Labute approximate surface area is 210 Å². The Morgan fingerprint density at radius 2 is 1.97 bits per heavy atom. The molecule has 36 heavy (non-hydrogen) atoms. The lowest BCUT2D eigenvalue weighted by Crippen LogP contribution is -2.49. The summed E-state index contributed by atoms with van der Waals surface area (Å²) >= 11 is 0. The Bertz CT molecular complexity index is 1440. The van der Waals surface area contributed by atoms with E-state index >= 15 is 0 Å². The van der Waals surface area contributed by atoms with Gasteiger partial charge in [0.25, 0.3) is 10.0 Å². The number of nitrogens with two attached hydrogens (primary N) is 1. The minimum Gasteiger partial charge on any atom is -0.485 e. The molecule has 0 saturated heterocycles. The second-order valence-corrected chi connectivity index (χ2v) is 11.7. The number of aliphatic hydroxyl groups is 1. The molecular formula is C27H29N3O5S. The van der Waals surface area contributed by atoms with Crippen molar-refractivity contribution in [3.05, 3.63) is 83.2 Å². The molecule has 3 aromatic rings. The number of carbonyl (C=O) groups excluding carboxylic acids is 1. The zero-order valence-electron chi connectivity index (χ0n) is 20.2. The number of sulfonamides is 1. The molecule has 0 saturated carbocycles. The van der Waals surface area contributed by atoms with Gasteiger partial charge in [-0.05, 0) is 68.1 Å². The number of aryl methyl sites for hydroxylation is 1. The number of carbonyl (C=O) groups is 1. The molecule has 188 valence electrons. The van der Waals surface area contributed by atoms with Crippen molar-refractivity contribution in [2.75, 3.05) is 10.8 Å². The maximum absolute atomic E-state index is 13.8. The van der Waals surface area contributed by atoms with Crippen molar-refractivity contribution in [2.24, 2.45) is 5.73 Å². The van der Waals surface area contributed by atoms with Gasteiger partial charge >= 0.3 is 0 Å². The lowest BCUT2D eigenvalue weighted by atomic mass is 9.78. The van der Waals surface area contributed by atoms with Gasteiger partial charge in [-0.3, -0.25) is 14.1 Å². The van der Waals surface area contributed by atoms with E-state index < -0.39 is 33.6 Å². The van der Waals surface area contributed by atoms with Gasteiger partial charge in [0.2, 0.25) is 5.91 Å². The number of aliphatic hydroxyl groups excluding tert-OH is 1. The fourth-order valence-corrected chi connectivity index (χ4v) is 6.76. The summed E-state index contributed by atoms with van der Waals surface area (Å²) in [7, 11) is -3.89. The van der Waals surface area contributed by atoms with Crippen LogP contribution in [0.2, 0.25) is 0 Å². The van der Waals surface area contributed by atoms with Crippen molar-refractivity contribution in [1.82, 2.24) is 4.98 Å². The molecule has 1 amide bonds. The summed E-state index contributed by atoms with van der Waals surface area (Å²) in [6.07, 6.45) is 2.03. The SMILES string of the molecule is CC1(C)Oc2ccc(S(=O)(=O)N3CCCc4ccccc43)cc2[C@@H](c2ncccc2CC(N)=O)[C@@H]1O. The first-order chi connectivity index (χ1) is 17.1. The van der Waals surface area contributed by atoms with E-state index in [0.29, 0.717) is 34.8 Å². The van der Waals surface area contributed by atoms with Crippen LogP contribution in [0.3, 0.4) is 0 Å². The molecule has 0 bridgehead atoms. The Morgan fingerprint density at radius 1 is 1.19 bits per heavy atom. The van der Waals surface area contributed by atoms with Crippen LogP contribution in [0.1, 0.15) is 48.6 Å². The Kier molecular flexibility index (Phi) is 6.00. The van der Waals surface area contributed by atoms with Crippen LogP contribution < -0.4 is 14.8 Å². The molecule has 2 aliphatic rings. The average molecular weight is 508 g/mol. The third kappa shape index (κ3) is 4.12. The third-order valence-corrected chi connectivity index (χ3v) is 8.77. The van der Waals surface area contributed by atoms with Crippen LogP contribution >= 0.6 is 0 Å². The van der Waals surface area contributed by atoms with Crippen molar-refractivity contribution in [2.45, 2.75) is 55.6 Å². The number of pyridine rings is 1. The summed E-state index contributed by atoms with van der Waals surface area (Å²) in [6, 6.07) is 15.7. The highest BCUT2D eigenvalue weighted by Crippen LogP contribution is 2.46. The topological polar surface area (TPSA) is 123 Å². The average Bonchev–Trinajstić information content (AvgIpc) is 2.84. The zero-order chi connectivity index (χ0) is 25.7. The van der Waals surface area contributed by atoms with Crippen molar-refractivity contribution >= 4 is 21.6 Å². The highest BCUT2D eigenvalue weighted by atomic mass is 32.2. The van der Waals surface area contributed by atoms with Gasteiger partial charge in [0, 0.05) is 18.3 Å². The van der Waals surface area contributed by atoms with E-state index in [1.54, 1.807) is 50.4 Å². The lowest BCUT2D eigenvalue weighted by molar-refractivity contribution is -0.117. The fourth-order valence-electron chi connectivity index (χ4n) is 5.18. The number of para-hydroxylation sites is 1. The fraction of sp³-hybridized carbons (Fsp3) is 0.333. The number of ether oxygens (including phenoxy) is 1. The summed E-state index contributed by atoms with van der Waals surface area (Å²) in [5.74, 6) is -0.780. The minimum absolute atomic E-state index is 0.0500. The highest BCUT2D eigenvalue weighted by molar-refractivity contribution is 7.92. The number of primary amides is 1. The van der Waals surface area contributed by atoms with Gasteiger partial charge in [-0.2, -0.15) is 0 Å². The first-order valence-electron chi connectivity index (χ1n) is 11.9. The van der Waals surface area contributed by atoms with E-state index in [9.17, 15) is 18.3 Å². The number of anilines is 1. The van der Waals surface area contributed by atoms with Gasteiger partial charge in [0.1, 0.15) is 17.5 Å². The molecule has 0 aliphatic carbocycles. The van der Waals surface area contributed by atoms with E-state index in [0.717, 1.165) is 18.4 Å². The van der Waals surface area contributed by atoms with E-state index in [1.807, 2.05) is 24.3 Å². The molecule has 3 heterocycles. The molecule has 2 atom stereocenters. The standard InChI is InChI=1S/C27H29N3O5S/c1-27(2)26(32)24(25-18(15-23(28)31)8-5-13-29-25)20-16-19(11-12-22(20)35-27)36(33,34)30-14-6-9-17-7-3-4-10-21(17)30/h3-5,7-8,10-13,16,24,26,32H,6,9,14-15H2,1-2H3,(H2,28,31)/t24-,26-/m0/s1. The number of benzene rings is 2. The Hall–Kier alpha value is -3.43. The molecule has 0 spiro atoms. The zero-order valence-corrected chi connectivity index (χ0v) is 21.0. The molecule has 5 rings (SSSR count). The first-order valence-corrected chi connectivity index (χ1v) is 13.4. The van der Waals surface area contributed by atoms with E-state index in [-0.39, 0.29) is 11.3 Å². The van der Waals surface area contributed by atoms with E-state index in [1.165, 1.54) is 4.31 Å². The number of aromatic nitrogens is 1. The molecule has 0 radical (unpaired) electrons. The van der Waals surface area contributed by atoms with Gasteiger partial charge in [0.05, 0.1) is 28.6 Å². The van der Waals surface area contributed by atoms with E-state index in [4.69, 9.17) is 10.5 Å². The minimum atomic E-state index is -3.89. The van der Waals surface area contributed by atoms with Gasteiger partial charge in [-0.25, -0.2) is 8.42 Å². The maximum atomic E-state index is 13.8. The van der Waals surface area contributed by atoms with Gasteiger partial charge in [-0.1, -0.05) is 24.3 Å². The molecule has 8 nitrogen and oxygen atoms in total. The molecule has 0 fully saturated rings. The lowest BCUT2D eigenvalue weighted by Gasteiger charge is -2.42. The van der Waals surface area contributed by atoms with Crippen LogP contribution in [0.25, 0.3) is 0 Å². The van der Waals surface area contributed by atoms with Crippen LogP contribution in [-0.2, 0) is 27.7 Å². The van der Waals surface area contributed by atoms with Crippen molar-refractivity contribution in [1.29, 1.82) is 0 Å². The van der Waals surface area contributed by atoms with Crippen LogP contribution in [0.4, 0.5) is 5.69 Å². The normalized spacial score (nSPS) is 20.7. The largest absolute Gasteiger partial charge is 0.485 e. The maximum Gasteiger partial charge on any atom is 0.264 e. The van der Waals surface area contributed by atoms with Crippen molar-refractivity contribution < 1.29 is 23.1 Å². The monoisotopic (exact) mass is 507 g/mol. The van der Waals surface area contributed by atoms with Gasteiger partial charge < -0.3 is 15.6 Å². The molecule has 1 aromatic heterocycles. The number of hydrogen-bond donors (Lipinski definition) is 2. The number of nitrogens with zero attached hydrogens (tertiary/aromatic N) is 2. The summed E-state index contributed by atoms with van der Waals surface area (Å²) in [5.41, 5.74) is 7.72. The first kappa shape index (κ1) is 24.3. The molecule has 0 unspecified atom stereocenters. The number of rotatable bonds is 5. The van der Waals surface area contributed by atoms with Gasteiger partial charge in [0.15, 0.2) is 0 Å². The quantitative estimate of drug-likeness (QED) is 0.548. The summed E-state index contributed by atoms with van der Waals surface area (Å²) < 4.78 is 35.2. The molecule has 3 N–H and O–H groups in total. The molecule has 9 heteroatoms. The van der Waals surface area contributed by atoms with Crippen molar-refractivity contribution in [3.8, 4) is 5.75 Å². The molecule has 2 aliphatic heterocycles. The molecule has 2 aromatic carbocycles. The Morgan fingerprint density at radius 3 is 2.75 bits per heavy atom. The number of fused-ring (bicyclic) bond motifs is 2. The summed E-state index contributed by atoms with van der Waals surface area (Å²) in [5, 5.41) is 11.4. The Balaban J connectivity index is 1.65. The second kappa shape index (κ2) is 8.90. The number of amides is 1. The third-order valence-electron chi connectivity index (χ3n) is 6.96. The summed E-state index contributed by atoms with van der Waals surface area (Å²) in [4.78, 5) is 16.3. The smallest absolute Gasteiger partial charge is 0.264 e. The van der Waals surface area contributed by atoms with Crippen LogP contribution in [0.5, 0.6) is 5.75 Å². The van der Waals surface area contributed by atoms with Crippen LogP contribution in [-0.4, -0.2) is 42.7 Å². The predicted molar refractivity (Wildman–Crippen MR) is 135 cm³/mol. The molecular weight excluding hydrogens is 478 g/mol.